The zero-order valence-electron chi connectivity index (χ0n) is 17.2. The van der Waals surface area contributed by atoms with E-state index in [1.807, 2.05) is 42.5 Å². The summed E-state index contributed by atoms with van der Waals surface area (Å²) in [6, 6.07) is 12.5. The molecule has 2 N–H and O–H groups in total. The number of nitrogens with zero attached hydrogens (tertiary/aromatic N) is 2. The highest BCUT2D eigenvalue weighted by atomic mass is 35.5. The summed E-state index contributed by atoms with van der Waals surface area (Å²) in [5, 5.41) is 17.8. The predicted molar refractivity (Wildman–Crippen MR) is 126 cm³/mol. The number of fused-ring (bicyclic) bond motifs is 1. The van der Waals surface area contributed by atoms with E-state index in [1.54, 1.807) is 18.9 Å². The lowest BCUT2D eigenvalue weighted by atomic mass is 9.99. The number of benzene rings is 2. The maximum atomic E-state index is 8.81. The molecule has 0 unspecified atom stereocenters. The second-order valence-electron chi connectivity index (χ2n) is 6.80. The molecule has 0 saturated heterocycles. The lowest BCUT2D eigenvalue weighted by Gasteiger charge is -2.26. The molecule has 1 heterocycles. The van der Waals surface area contributed by atoms with Gasteiger partial charge in [-0.05, 0) is 55.7 Å². The molecule has 158 valence electrons. The van der Waals surface area contributed by atoms with Gasteiger partial charge in [0, 0.05) is 21.9 Å². The number of ether oxygens (including phenoxy) is 1. The molecule has 0 aromatic heterocycles. The van der Waals surface area contributed by atoms with Crippen LogP contribution in [0, 0.1) is 10.8 Å². The Kier molecular flexibility index (Phi) is 7.53. The van der Waals surface area contributed by atoms with Crippen LogP contribution < -0.4 is 9.64 Å². The molecule has 30 heavy (non-hydrogen) atoms. The van der Waals surface area contributed by atoms with Crippen LogP contribution in [0.4, 0.5) is 5.69 Å². The fourth-order valence-electron chi connectivity index (χ4n) is 3.16. The minimum atomic E-state index is -0.557. The van der Waals surface area contributed by atoms with Crippen molar-refractivity contribution < 1.29 is 8.92 Å². The van der Waals surface area contributed by atoms with Gasteiger partial charge in [-0.15, -0.1) is 0 Å². The second kappa shape index (κ2) is 10.1. The molecule has 1 atom stereocenters. The highest BCUT2D eigenvalue weighted by molar-refractivity contribution is 7.94. The van der Waals surface area contributed by atoms with Crippen molar-refractivity contribution in [3.05, 3.63) is 58.6 Å². The van der Waals surface area contributed by atoms with E-state index in [0.717, 1.165) is 23.3 Å². The second-order valence-corrected chi connectivity index (χ2v) is 8.11. The van der Waals surface area contributed by atoms with E-state index < -0.39 is 6.04 Å². The Bertz CT molecular complexity index is 962. The average molecular weight is 445 g/mol. The summed E-state index contributed by atoms with van der Waals surface area (Å²) in [7, 11) is 1.61. The molecule has 0 radical (unpaired) electrons. The number of nitrogens with one attached hydrogen (secondary N) is 2. The van der Waals surface area contributed by atoms with Gasteiger partial charge in [0.15, 0.2) is 0 Å². The summed E-state index contributed by atoms with van der Waals surface area (Å²) < 4.78 is 11.2. The minimum absolute atomic E-state index is 0.204. The third-order valence-electron chi connectivity index (χ3n) is 4.59. The quantitative estimate of drug-likeness (QED) is 0.258. The molecular formula is C22H25ClN4O2S. The first-order valence-electron chi connectivity index (χ1n) is 9.66. The molecular weight excluding hydrogens is 420 g/mol. The molecule has 1 aliphatic rings. The predicted octanol–water partition coefficient (Wildman–Crippen LogP) is 5.42. The van der Waals surface area contributed by atoms with Gasteiger partial charge in [-0.1, -0.05) is 30.7 Å². The maximum absolute atomic E-state index is 8.81. The number of hydrogen-bond donors (Lipinski definition) is 2. The van der Waals surface area contributed by atoms with Crippen LogP contribution >= 0.6 is 23.6 Å². The van der Waals surface area contributed by atoms with Crippen molar-refractivity contribution in [2.75, 3.05) is 24.4 Å². The molecule has 8 heteroatoms. The summed E-state index contributed by atoms with van der Waals surface area (Å²) in [6.07, 6.45) is 1.00. The van der Waals surface area contributed by atoms with Gasteiger partial charge in [0.05, 0.1) is 25.1 Å². The van der Waals surface area contributed by atoms with Crippen molar-refractivity contribution in [3.63, 3.8) is 0 Å². The smallest absolute Gasteiger partial charge is 0.134 e. The summed E-state index contributed by atoms with van der Waals surface area (Å²) in [4.78, 5) is 6.53. The van der Waals surface area contributed by atoms with Gasteiger partial charge in [-0.25, -0.2) is 0 Å². The van der Waals surface area contributed by atoms with E-state index in [9.17, 15) is 0 Å². The first-order valence-corrected chi connectivity index (χ1v) is 11.0. The minimum Gasteiger partial charge on any atom is -0.497 e. The fraction of sp³-hybridized carbons (Fsp3) is 0.318. The van der Waals surface area contributed by atoms with Crippen LogP contribution in [-0.2, 0) is 4.18 Å². The van der Waals surface area contributed by atoms with Crippen LogP contribution in [0.5, 0.6) is 5.75 Å². The topological polar surface area (TPSA) is 81.8 Å². The molecule has 0 saturated carbocycles. The van der Waals surface area contributed by atoms with Gasteiger partial charge in [-0.2, -0.15) is 0 Å². The highest BCUT2D eigenvalue weighted by Crippen LogP contribution is 2.32. The molecule has 0 bridgehead atoms. The third kappa shape index (κ3) is 4.86. The van der Waals surface area contributed by atoms with Crippen LogP contribution in [0.25, 0.3) is 0 Å². The van der Waals surface area contributed by atoms with Gasteiger partial charge in [-0.3, -0.25) is 20.7 Å². The lowest BCUT2D eigenvalue weighted by Crippen LogP contribution is -2.42. The van der Waals surface area contributed by atoms with Crippen molar-refractivity contribution in [3.8, 4) is 5.75 Å². The zero-order valence-corrected chi connectivity index (χ0v) is 18.8. The van der Waals surface area contributed by atoms with Crippen molar-refractivity contribution in [2.45, 2.75) is 26.3 Å². The number of benzodiazepines with no additional fused rings is 1. The largest absolute Gasteiger partial charge is 0.497 e. The van der Waals surface area contributed by atoms with Crippen LogP contribution in [0.2, 0.25) is 5.02 Å². The number of rotatable bonds is 7. The van der Waals surface area contributed by atoms with Gasteiger partial charge in [0.1, 0.15) is 23.5 Å². The van der Waals surface area contributed by atoms with E-state index in [1.165, 1.54) is 12.0 Å². The van der Waals surface area contributed by atoms with Crippen LogP contribution in [0.15, 0.2) is 47.5 Å². The van der Waals surface area contributed by atoms with Crippen LogP contribution in [0.1, 0.15) is 31.4 Å². The SMILES string of the molecule is CCCSOC[C@@H]1N=C(c2ccc(Cl)cc2)c2cc(OC)ccc2N(C(C)=N)C1=N. The first-order chi connectivity index (χ1) is 14.5. The number of hydrogen-bond acceptors (Lipinski definition) is 6. The number of halogens is 1. The summed E-state index contributed by atoms with van der Waals surface area (Å²) in [5.74, 6) is 2.00. The average Bonchev–Trinajstić information content (AvgIpc) is 2.85. The molecule has 0 spiro atoms. The Morgan fingerprint density at radius 2 is 1.97 bits per heavy atom. The molecule has 3 rings (SSSR count). The number of amidine groups is 2. The Labute approximate surface area is 186 Å². The van der Waals surface area contributed by atoms with Crippen LogP contribution in [-0.4, -0.2) is 42.9 Å². The van der Waals surface area contributed by atoms with E-state index >= 15 is 0 Å². The molecule has 2 aromatic carbocycles. The normalized spacial score (nSPS) is 16.0. The molecule has 2 aromatic rings. The van der Waals surface area contributed by atoms with Crippen molar-refractivity contribution in [1.82, 2.24) is 0 Å². The van der Waals surface area contributed by atoms with Gasteiger partial charge < -0.3 is 8.92 Å². The van der Waals surface area contributed by atoms with E-state index in [2.05, 4.69) is 6.92 Å². The van der Waals surface area contributed by atoms with E-state index in [4.69, 9.17) is 36.3 Å². The standard InChI is InChI=1S/C22H25ClN4O2S/c1-4-11-30-29-13-19-22(25)27(14(2)24)20-10-9-17(28-3)12-18(20)21(26-19)15-5-7-16(23)8-6-15/h5-10,12,19,24-25H,4,11,13H2,1-3H3/t19-/m0/s1. The molecule has 0 aliphatic carbocycles. The first kappa shape index (κ1) is 22.3. The molecule has 6 nitrogen and oxygen atoms in total. The van der Waals surface area contributed by atoms with E-state index in [0.29, 0.717) is 22.2 Å². The summed E-state index contributed by atoms with van der Waals surface area (Å²) in [6.45, 7) is 4.00. The highest BCUT2D eigenvalue weighted by Gasteiger charge is 2.31. The van der Waals surface area contributed by atoms with Crippen LogP contribution in [0.3, 0.4) is 0 Å². The number of methoxy groups -OCH3 is 1. The Hall–Kier alpha value is -2.35. The van der Waals surface area contributed by atoms with Gasteiger partial charge in [0.2, 0.25) is 0 Å². The van der Waals surface area contributed by atoms with Crippen molar-refractivity contribution in [1.29, 1.82) is 10.8 Å². The number of aliphatic imine (C=N–C) groups is 1. The Morgan fingerprint density at radius 1 is 1.23 bits per heavy atom. The molecule has 1 aliphatic heterocycles. The Balaban J connectivity index is 2.15. The molecule has 0 fully saturated rings. The molecule has 0 amide bonds. The van der Waals surface area contributed by atoms with E-state index in [-0.39, 0.29) is 18.3 Å². The van der Waals surface area contributed by atoms with Gasteiger partial charge in [0.25, 0.3) is 0 Å². The third-order valence-corrected chi connectivity index (χ3v) is 5.72. The monoisotopic (exact) mass is 444 g/mol. The summed E-state index contributed by atoms with van der Waals surface area (Å²) in [5.41, 5.74) is 3.09. The maximum Gasteiger partial charge on any atom is 0.134 e. The fourth-order valence-corrected chi connectivity index (χ4v) is 3.80. The van der Waals surface area contributed by atoms with Crippen molar-refractivity contribution in [2.24, 2.45) is 4.99 Å². The number of anilines is 1. The Morgan fingerprint density at radius 3 is 2.60 bits per heavy atom. The lowest BCUT2D eigenvalue weighted by molar-refractivity contribution is 0.366. The zero-order chi connectivity index (χ0) is 21.7. The summed E-state index contributed by atoms with van der Waals surface area (Å²) >= 11 is 7.47. The van der Waals surface area contributed by atoms with Gasteiger partial charge >= 0.3 is 0 Å². The van der Waals surface area contributed by atoms with Crippen molar-refractivity contribution >= 4 is 46.7 Å².